The lowest BCUT2D eigenvalue weighted by atomic mass is 10.2. The van der Waals surface area contributed by atoms with Crippen molar-refractivity contribution in [3.8, 4) is 5.75 Å². The molecule has 3 aromatic rings. The van der Waals surface area contributed by atoms with Gasteiger partial charge in [0.1, 0.15) is 5.75 Å². The van der Waals surface area contributed by atoms with Gasteiger partial charge in [-0.05, 0) is 36.4 Å². The molecule has 0 aliphatic rings. The molecule has 1 amide bonds. The number of benzene rings is 2. The van der Waals surface area contributed by atoms with E-state index < -0.39 is 5.57 Å². The van der Waals surface area contributed by atoms with Gasteiger partial charge in [0.05, 0.1) is 11.3 Å². The number of hydrogen-bond acceptors (Lipinski definition) is 4. The average Bonchev–Trinajstić information content (AvgIpc) is 2.60. The summed E-state index contributed by atoms with van der Waals surface area (Å²) in [5, 5.41) is 3.70. The lowest BCUT2D eigenvalue weighted by Crippen LogP contribution is -2.16. The fourth-order valence-corrected chi connectivity index (χ4v) is 3.20. The van der Waals surface area contributed by atoms with Crippen LogP contribution >= 0.6 is 23.4 Å². The number of fused-ring (bicyclic) bond motifs is 1. The van der Waals surface area contributed by atoms with E-state index in [4.69, 9.17) is 11.6 Å². The molecule has 0 saturated carbocycles. The number of carbonyl (C=O) groups is 1. The highest BCUT2D eigenvalue weighted by Crippen LogP contribution is 2.27. The van der Waals surface area contributed by atoms with Gasteiger partial charge in [-0.15, -0.1) is 20.5 Å². The normalized spacial score (nSPS) is 11.3. The number of hydrogen-bond donors (Lipinski definition) is 1. The Morgan fingerprint density at radius 3 is 2.62 bits per heavy atom. The topological polar surface area (TPSA) is 51.2 Å². The van der Waals surface area contributed by atoms with Crippen LogP contribution in [0, 0.1) is 0 Å². The second-order valence-corrected chi connectivity index (χ2v) is 6.70. The molecule has 0 bridgehead atoms. The van der Waals surface area contributed by atoms with Crippen molar-refractivity contribution in [2.45, 2.75) is 10.5 Å². The maximum Gasteiger partial charge on any atom is 0.487 e. The molecule has 2 aromatic carbocycles. The summed E-state index contributed by atoms with van der Waals surface area (Å²) in [6.45, 7) is 0. The van der Waals surface area contributed by atoms with Gasteiger partial charge in [-0.2, -0.15) is 0 Å². The Morgan fingerprint density at radius 1 is 1.15 bits per heavy atom. The lowest BCUT2D eigenvalue weighted by Gasteiger charge is -2.11. The zero-order chi connectivity index (χ0) is 18.6. The molecule has 0 radical (unpaired) electrons. The average molecular weight is 395 g/mol. The van der Waals surface area contributed by atoms with Crippen molar-refractivity contribution in [3.63, 3.8) is 0 Å². The fraction of sp³-hybridized carbons (Fsp3) is 0.111. The van der Waals surface area contributed by atoms with Crippen LogP contribution in [0.25, 0.3) is 10.9 Å². The summed E-state index contributed by atoms with van der Waals surface area (Å²) in [4.78, 5) is 17.4. The standard InChI is InChI=1S/C18H13ClF2N2O2S/c19-18(20,21)25-14-8-6-13(7-9-14)23-16(24)11-26-15-5-1-3-12-4-2-10-22-17(12)15/h1-10H,11H2,(H,23,24). The Kier molecular flexibility index (Phi) is 5.58. The summed E-state index contributed by atoms with van der Waals surface area (Å²) in [7, 11) is 0. The minimum Gasteiger partial charge on any atom is -0.420 e. The minimum absolute atomic E-state index is 0.0980. The third-order valence-corrected chi connectivity index (χ3v) is 4.45. The molecule has 0 spiro atoms. The Hall–Kier alpha value is -2.38. The number of rotatable bonds is 6. The first-order chi connectivity index (χ1) is 12.4. The molecule has 3 rings (SSSR count). The first kappa shape index (κ1) is 18.4. The largest absolute Gasteiger partial charge is 0.487 e. The van der Waals surface area contributed by atoms with E-state index in [2.05, 4.69) is 15.0 Å². The number of aromatic nitrogens is 1. The molecule has 1 N–H and O–H groups in total. The van der Waals surface area contributed by atoms with Crippen LogP contribution in [0.5, 0.6) is 5.75 Å². The first-order valence-corrected chi connectivity index (χ1v) is 8.89. The Morgan fingerprint density at radius 2 is 1.88 bits per heavy atom. The van der Waals surface area contributed by atoms with Crippen molar-refractivity contribution in [2.75, 3.05) is 11.1 Å². The number of ether oxygens (including phenoxy) is 1. The van der Waals surface area contributed by atoms with Crippen molar-refractivity contribution in [3.05, 3.63) is 60.8 Å². The van der Waals surface area contributed by atoms with E-state index >= 15 is 0 Å². The second kappa shape index (κ2) is 7.88. The number of nitrogens with one attached hydrogen (secondary N) is 1. The maximum atomic E-state index is 12.6. The number of pyridine rings is 1. The van der Waals surface area contributed by atoms with Crippen LogP contribution in [0.1, 0.15) is 0 Å². The van der Waals surface area contributed by atoms with E-state index in [1.54, 1.807) is 6.20 Å². The number of nitrogens with zero attached hydrogens (tertiary/aromatic N) is 1. The van der Waals surface area contributed by atoms with Crippen LogP contribution in [0.2, 0.25) is 0 Å². The van der Waals surface area contributed by atoms with Crippen molar-refractivity contribution >= 4 is 45.9 Å². The number of alkyl halides is 3. The highest BCUT2D eigenvalue weighted by Gasteiger charge is 2.27. The summed E-state index contributed by atoms with van der Waals surface area (Å²) in [6.07, 6.45) is 1.71. The summed E-state index contributed by atoms with van der Waals surface area (Å²) in [6, 6.07) is 15.1. The summed E-state index contributed by atoms with van der Waals surface area (Å²) in [5.41, 5.74) is -2.46. The SMILES string of the molecule is O=C(CSc1cccc2cccnc12)Nc1ccc(OC(F)(F)Cl)cc1. The Bertz CT molecular complexity index is 912. The van der Waals surface area contributed by atoms with Crippen molar-refractivity contribution < 1.29 is 18.3 Å². The maximum absolute atomic E-state index is 12.6. The lowest BCUT2D eigenvalue weighted by molar-refractivity contribution is -0.113. The number of para-hydroxylation sites is 1. The molecule has 0 aliphatic heterocycles. The highest BCUT2D eigenvalue weighted by molar-refractivity contribution is 8.00. The smallest absolute Gasteiger partial charge is 0.420 e. The van der Waals surface area contributed by atoms with E-state index in [-0.39, 0.29) is 17.4 Å². The predicted molar refractivity (Wildman–Crippen MR) is 99.0 cm³/mol. The van der Waals surface area contributed by atoms with E-state index in [0.29, 0.717) is 5.69 Å². The third-order valence-electron chi connectivity index (χ3n) is 3.33. The monoisotopic (exact) mass is 394 g/mol. The molecule has 0 atom stereocenters. The zero-order valence-corrected chi connectivity index (χ0v) is 14.9. The predicted octanol–water partition coefficient (Wildman–Crippen LogP) is 5.13. The summed E-state index contributed by atoms with van der Waals surface area (Å²) < 4.78 is 29.3. The van der Waals surface area contributed by atoms with Crippen LogP contribution in [-0.4, -0.2) is 22.2 Å². The van der Waals surface area contributed by atoms with E-state index in [1.165, 1.54) is 36.0 Å². The molecular weight excluding hydrogens is 382 g/mol. The molecule has 0 saturated heterocycles. The molecule has 1 heterocycles. The van der Waals surface area contributed by atoms with E-state index in [0.717, 1.165) is 15.8 Å². The van der Waals surface area contributed by atoms with Gasteiger partial charge in [0, 0.05) is 33.8 Å². The van der Waals surface area contributed by atoms with Crippen LogP contribution in [0.3, 0.4) is 0 Å². The number of anilines is 1. The molecule has 0 fully saturated rings. The van der Waals surface area contributed by atoms with Gasteiger partial charge in [-0.1, -0.05) is 18.2 Å². The van der Waals surface area contributed by atoms with E-state index in [1.807, 2.05) is 30.3 Å². The van der Waals surface area contributed by atoms with E-state index in [9.17, 15) is 13.6 Å². The highest BCUT2D eigenvalue weighted by atomic mass is 35.5. The summed E-state index contributed by atoms with van der Waals surface area (Å²) >= 11 is 6.07. The molecule has 0 unspecified atom stereocenters. The van der Waals surface area contributed by atoms with Crippen molar-refractivity contribution in [1.82, 2.24) is 4.98 Å². The summed E-state index contributed by atoms with van der Waals surface area (Å²) in [5.74, 6) is -0.133. The molecule has 26 heavy (non-hydrogen) atoms. The Balaban J connectivity index is 1.59. The van der Waals surface area contributed by atoms with Gasteiger partial charge in [0.25, 0.3) is 0 Å². The molecule has 8 heteroatoms. The molecule has 134 valence electrons. The minimum atomic E-state index is -3.77. The number of thioether (sulfide) groups is 1. The fourth-order valence-electron chi connectivity index (χ4n) is 2.27. The quantitative estimate of drug-likeness (QED) is 0.465. The van der Waals surface area contributed by atoms with Gasteiger partial charge < -0.3 is 10.1 Å². The van der Waals surface area contributed by atoms with Crippen LogP contribution in [0.4, 0.5) is 14.5 Å². The van der Waals surface area contributed by atoms with Gasteiger partial charge in [0.15, 0.2) is 0 Å². The number of halogens is 3. The first-order valence-electron chi connectivity index (χ1n) is 7.53. The van der Waals surface area contributed by atoms with Crippen LogP contribution in [-0.2, 0) is 4.79 Å². The van der Waals surface area contributed by atoms with Crippen molar-refractivity contribution in [2.24, 2.45) is 0 Å². The van der Waals surface area contributed by atoms with Crippen molar-refractivity contribution in [1.29, 1.82) is 0 Å². The molecule has 1 aromatic heterocycles. The number of amides is 1. The molecule has 0 aliphatic carbocycles. The van der Waals surface area contributed by atoms with Gasteiger partial charge >= 0.3 is 5.57 Å². The Labute approximate surface area is 157 Å². The molecule has 4 nitrogen and oxygen atoms in total. The van der Waals surface area contributed by atoms with Crippen LogP contribution in [0.15, 0.2) is 65.7 Å². The molecular formula is C18H13ClF2N2O2S. The van der Waals surface area contributed by atoms with Gasteiger partial charge in [0.2, 0.25) is 5.91 Å². The van der Waals surface area contributed by atoms with Crippen LogP contribution < -0.4 is 10.1 Å². The zero-order valence-electron chi connectivity index (χ0n) is 13.3. The second-order valence-electron chi connectivity index (χ2n) is 5.24. The third kappa shape index (κ3) is 5.06. The van der Waals surface area contributed by atoms with Gasteiger partial charge in [-0.25, -0.2) is 0 Å². The number of carbonyl (C=O) groups excluding carboxylic acids is 1. The van der Waals surface area contributed by atoms with Gasteiger partial charge in [-0.3, -0.25) is 9.78 Å².